The second kappa shape index (κ2) is 4.47. The van der Waals surface area contributed by atoms with Gasteiger partial charge in [-0.05, 0) is 18.4 Å². The number of carbonyl (C=O) groups is 2. The number of ketones is 1. The van der Waals surface area contributed by atoms with Crippen molar-refractivity contribution in [3.8, 4) is 0 Å². The maximum Gasteiger partial charge on any atom is 0.220 e. The number of aryl methyl sites for hydroxylation is 1. The van der Waals surface area contributed by atoms with Crippen LogP contribution in [0, 0.1) is 0 Å². The standard InChI is InChI=1S/C13H15NO2/c1-2-12(15)14-11-8-7-9-5-3-4-6-10(9)13(11)16/h3-6,11H,2,7-8H2,1H3,(H,14,15)/t11-/m0/s1. The van der Waals surface area contributed by atoms with Crippen molar-refractivity contribution in [1.29, 1.82) is 0 Å². The fourth-order valence-electron chi connectivity index (χ4n) is 2.03. The molecule has 1 N–H and O–H groups in total. The Bertz CT molecular complexity index is 426. The number of hydrogen-bond acceptors (Lipinski definition) is 2. The third kappa shape index (κ3) is 1.98. The molecule has 1 atom stereocenters. The molecule has 2 rings (SSSR count). The molecule has 0 heterocycles. The summed E-state index contributed by atoms with van der Waals surface area (Å²) in [6.45, 7) is 1.79. The van der Waals surface area contributed by atoms with E-state index in [1.54, 1.807) is 6.92 Å². The zero-order valence-corrected chi connectivity index (χ0v) is 9.32. The van der Waals surface area contributed by atoms with Crippen LogP contribution >= 0.6 is 0 Å². The minimum absolute atomic E-state index is 0.0450. The van der Waals surface area contributed by atoms with Crippen molar-refractivity contribution >= 4 is 11.7 Å². The van der Waals surface area contributed by atoms with Crippen LogP contribution < -0.4 is 5.32 Å². The Balaban J connectivity index is 2.18. The quantitative estimate of drug-likeness (QED) is 0.819. The monoisotopic (exact) mass is 217 g/mol. The number of Topliss-reactive ketones (excluding diaryl/α,β-unsaturated/α-hetero) is 1. The number of nitrogens with one attached hydrogen (secondary N) is 1. The van der Waals surface area contributed by atoms with Gasteiger partial charge in [0.15, 0.2) is 5.78 Å². The SMILES string of the molecule is CCC(=O)N[C@H]1CCc2ccccc2C1=O. The highest BCUT2D eigenvalue weighted by molar-refractivity contribution is 6.03. The van der Waals surface area contributed by atoms with Crippen molar-refractivity contribution in [2.75, 3.05) is 0 Å². The van der Waals surface area contributed by atoms with Crippen LogP contribution in [0.5, 0.6) is 0 Å². The largest absolute Gasteiger partial charge is 0.346 e. The summed E-state index contributed by atoms with van der Waals surface area (Å²) in [5, 5.41) is 2.77. The summed E-state index contributed by atoms with van der Waals surface area (Å²) < 4.78 is 0. The normalized spacial score (nSPS) is 19.1. The third-order valence-corrected chi connectivity index (χ3v) is 2.96. The van der Waals surface area contributed by atoms with E-state index in [-0.39, 0.29) is 17.7 Å². The third-order valence-electron chi connectivity index (χ3n) is 2.96. The fraction of sp³-hybridized carbons (Fsp3) is 0.385. The van der Waals surface area contributed by atoms with Crippen LogP contribution in [0.1, 0.15) is 35.7 Å². The second-order valence-electron chi connectivity index (χ2n) is 4.03. The van der Waals surface area contributed by atoms with E-state index in [0.29, 0.717) is 12.8 Å². The molecule has 16 heavy (non-hydrogen) atoms. The minimum Gasteiger partial charge on any atom is -0.346 e. The van der Waals surface area contributed by atoms with Crippen LogP contribution in [0.3, 0.4) is 0 Å². The molecule has 1 aromatic rings. The molecule has 0 saturated carbocycles. The van der Waals surface area contributed by atoms with Gasteiger partial charge in [0.25, 0.3) is 0 Å². The molecular weight excluding hydrogens is 202 g/mol. The lowest BCUT2D eigenvalue weighted by atomic mass is 9.87. The predicted molar refractivity (Wildman–Crippen MR) is 61.3 cm³/mol. The summed E-state index contributed by atoms with van der Waals surface area (Å²) in [5.74, 6) is -0.0126. The lowest BCUT2D eigenvalue weighted by Gasteiger charge is -2.23. The summed E-state index contributed by atoms with van der Waals surface area (Å²) in [6.07, 6.45) is 1.99. The summed E-state index contributed by atoms with van der Waals surface area (Å²) in [4.78, 5) is 23.3. The lowest BCUT2D eigenvalue weighted by molar-refractivity contribution is -0.121. The van der Waals surface area contributed by atoms with Gasteiger partial charge in [0.2, 0.25) is 5.91 Å². The topological polar surface area (TPSA) is 46.2 Å². The average molecular weight is 217 g/mol. The minimum atomic E-state index is -0.331. The molecule has 0 fully saturated rings. The molecule has 0 saturated heterocycles. The molecule has 84 valence electrons. The summed E-state index contributed by atoms with van der Waals surface area (Å²) in [5.41, 5.74) is 1.85. The molecule has 0 unspecified atom stereocenters. The molecule has 0 aromatic heterocycles. The highest BCUT2D eigenvalue weighted by Gasteiger charge is 2.27. The van der Waals surface area contributed by atoms with Gasteiger partial charge >= 0.3 is 0 Å². The van der Waals surface area contributed by atoms with Gasteiger partial charge in [-0.1, -0.05) is 31.2 Å². The Morgan fingerprint density at radius 2 is 2.19 bits per heavy atom. The zero-order chi connectivity index (χ0) is 11.5. The van der Waals surface area contributed by atoms with E-state index in [9.17, 15) is 9.59 Å². The maximum absolute atomic E-state index is 12.1. The fourth-order valence-corrected chi connectivity index (χ4v) is 2.03. The number of carbonyl (C=O) groups excluding carboxylic acids is 2. The molecular formula is C13H15NO2. The van der Waals surface area contributed by atoms with Crippen LogP contribution in [0.4, 0.5) is 0 Å². The van der Waals surface area contributed by atoms with Gasteiger partial charge < -0.3 is 5.32 Å². The molecule has 0 spiro atoms. The first-order valence-electron chi connectivity index (χ1n) is 5.64. The summed E-state index contributed by atoms with van der Waals surface area (Å²) in [6, 6.07) is 7.28. The van der Waals surface area contributed by atoms with Gasteiger partial charge in [0, 0.05) is 12.0 Å². The lowest BCUT2D eigenvalue weighted by Crippen LogP contribution is -2.43. The van der Waals surface area contributed by atoms with Crippen molar-refractivity contribution in [2.24, 2.45) is 0 Å². The Kier molecular flexibility index (Phi) is 3.04. The first kappa shape index (κ1) is 10.9. The van der Waals surface area contributed by atoms with Crippen molar-refractivity contribution in [3.63, 3.8) is 0 Å². The van der Waals surface area contributed by atoms with Crippen molar-refractivity contribution in [2.45, 2.75) is 32.2 Å². The number of fused-ring (bicyclic) bond motifs is 1. The van der Waals surface area contributed by atoms with Gasteiger partial charge in [-0.2, -0.15) is 0 Å². The van der Waals surface area contributed by atoms with Gasteiger partial charge in [0.1, 0.15) is 0 Å². The van der Waals surface area contributed by atoms with E-state index < -0.39 is 0 Å². The van der Waals surface area contributed by atoms with Crippen LogP contribution in [-0.4, -0.2) is 17.7 Å². The van der Waals surface area contributed by atoms with Crippen molar-refractivity contribution in [1.82, 2.24) is 5.32 Å². The van der Waals surface area contributed by atoms with Crippen molar-refractivity contribution < 1.29 is 9.59 Å². The number of benzene rings is 1. The molecule has 1 amide bonds. The molecule has 0 aliphatic heterocycles. The number of rotatable bonds is 2. The Morgan fingerprint density at radius 1 is 1.44 bits per heavy atom. The predicted octanol–water partition coefficient (Wildman–Crippen LogP) is 1.71. The van der Waals surface area contributed by atoms with E-state index in [0.717, 1.165) is 17.5 Å². The van der Waals surface area contributed by atoms with E-state index in [1.807, 2.05) is 24.3 Å². The highest BCUT2D eigenvalue weighted by Crippen LogP contribution is 2.21. The molecule has 1 aliphatic carbocycles. The molecule has 0 bridgehead atoms. The zero-order valence-electron chi connectivity index (χ0n) is 9.32. The van der Waals surface area contributed by atoms with Crippen LogP contribution in [0.2, 0.25) is 0 Å². The Morgan fingerprint density at radius 3 is 2.94 bits per heavy atom. The maximum atomic E-state index is 12.1. The average Bonchev–Trinajstić information content (AvgIpc) is 2.33. The first-order valence-corrected chi connectivity index (χ1v) is 5.64. The Hall–Kier alpha value is -1.64. The van der Waals surface area contributed by atoms with Gasteiger partial charge in [-0.15, -0.1) is 0 Å². The molecule has 3 heteroatoms. The summed E-state index contributed by atoms with van der Waals surface area (Å²) >= 11 is 0. The molecule has 0 radical (unpaired) electrons. The number of hydrogen-bond donors (Lipinski definition) is 1. The smallest absolute Gasteiger partial charge is 0.220 e. The molecule has 1 aliphatic rings. The Labute approximate surface area is 94.9 Å². The second-order valence-corrected chi connectivity index (χ2v) is 4.03. The summed E-state index contributed by atoms with van der Waals surface area (Å²) in [7, 11) is 0. The van der Waals surface area contributed by atoms with Crippen LogP contribution in [0.15, 0.2) is 24.3 Å². The molecule has 3 nitrogen and oxygen atoms in total. The van der Waals surface area contributed by atoms with Gasteiger partial charge in [0.05, 0.1) is 6.04 Å². The highest BCUT2D eigenvalue weighted by atomic mass is 16.2. The van der Waals surface area contributed by atoms with Gasteiger partial charge in [-0.25, -0.2) is 0 Å². The van der Waals surface area contributed by atoms with E-state index in [4.69, 9.17) is 0 Å². The first-order chi connectivity index (χ1) is 7.72. The van der Waals surface area contributed by atoms with E-state index in [2.05, 4.69) is 5.32 Å². The number of amides is 1. The van der Waals surface area contributed by atoms with Gasteiger partial charge in [-0.3, -0.25) is 9.59 Å². The van der Waals surface area contributed by atoms with E-state index in [1.165, 1.54) is 0 Å². The van der Waals surface area contributed by atoms with E-state index >= 15 is 0 Å². The van der Waals surface area contributed by atoms with Crippen molar-refractivity contribution in [3.05, 3.63) is 35.4 Å². The molecule has 1 aromatic carbocycles. The van der Waals surface area contributed by atoms with Crippen LogP contribution in [-0.2, 0) is 11.2 Å². The van der Waals surface area contributed by atoms with Crippen LogP contribution in [0.25, 0.3) is 0 Å².